The first kappa shape index (κ1) is 17.9. The predicted molar refractivity (Wildman–Crippen MR) is 105 cm³/mol. The molecule has 1 aliphatic heterocycles. The number of ketones is 1. The molecule has 6 heteroatoms. The van der Waals surface area contributed by atoms with Crippen LogP contribution in [0.5, 0.6) is 0 Å². The van der Waals surface area contributed by atoms with Crippen LogP contribution in [0.2, 0.25) is 0 Å². The van der Waals surface area contributed by atoms with Crippen LogP contribution in [0.1, 0.15) is 19.4 Å². The summed E-state index contributed by atoms with van der Waals surface area (Å²) >= 11 is 7.15. The van der Waals surface area contributed by atoms with Crippen LogP contribution in [-0.2, 0) is 11.3 Å². The zero-order valence-electron chi connectivity index (χ0n) is 14.1. The van der Waals surface area contributed by atoms with E-state index in [2.05, 4.69) is 13.8 Å². The second-order valence-corrected chi connectivity index (χ2v) is 8.82. The van der Waals surface area contributed by atoms with E-state index >= 15 is 0 Å². The Hall–Kier alpha value is -1.89. The van der Waals surface area contributed by atoms with Crippen molar-refractivity contribution in [2.45, 2.75) is 31.3 Å². The molecule has 1 N–H and O–H groups in total. The van der Waals surface area contributed by atoms with Gasteiger partial charge in [-0.1, -0.05) is 54.3 Å². The summed E-state index contributed by atoms with van der Waals surface area (Å²) in [7, 11) is 0. The molecule has 1 aromatic carbocycles. The molecular weight excluding hydrogens is 352 g/mol. The molecule has 130 valence electrons. The number of allylic oxidation sites excluding steroid dienone is 5. The Labute approximate surface area is 157 Å². The van der Waals surface area contributed by atoms with Crippen LogP contribution in [0.15, 0.2) is 66.4 Å². The Kier molecular flexibility index (Phi) is 5.13. The normalized spacial score (nSPS) is 21.8. The van der Waals surface area contributed by atoms with Crippen LogP contribution in [0.3, 0.4) is 0 Å². The van der Waals surface area contributed by atoms with Gasteiger partial charge in [0.15, 0.2) is 5.78 Å². The van der Waals surface area contributed by atoms with Gasteiger partial charge in [-0.05, 0) is 49.3 Å². The Bertz CT molecular complexity index is 751. The molecule has 1 atom stereocenters. The first-order valence-electron chi connectivity index (χ1n) is 7.99. The van der Waals surface area contributed by atoms with Gasteiger partial charge >= 0.3 is 0 Å². The monoisotopic (exact) mass is 372 g/mol. The van der Waals surface area contributed by atoms with E-state index < -0.39 is 0 Å². The van der Waals surface area contributed by atoms with Crippen LogP contribution in [0, 0.1) is 0 Å². The maximum atomic E-state index is 11.2. The second-order valence-electron chi connectivity index (χ2n) is 6.54. The van der Waals surface area contributed by atoms with E-state index in [9.17, 15) is 10.0 Å². The third-order valence-corrected chi connectivity index (χ3v) is 5.74. The number of hydroxylamine groups is 2. The highest BCUT2D eigenvalue weighted by Gasteiger charge is 2.47. The average molecular weight is 373 g/mol. The first-order valence-corrected chi connectivity index (χ1v) is 9.22. The van der Waals surface area contributed by atoms with Gasteiger partial charge in [0, 0.05) is 12.7 Å². The fourth-order valence-corrected chi connectivity index (χ4v) is 4.86. The largest absolute Gasteiger partial charge is 0.329 e. The van der Waals surface area contributed by atoms with E-state index in [1.807, 2.05) is 35.2 Å². The summed E-state index contributed by atoms with van der Waals surface area (Å²) in [5, 5.41) is 12.0. The van der Waals surface area contributed by atoms with Gasteiger partial charge in [-0.15, -0.1) is 0 Å². The number of thioether (sulfide) groups is 1. The minimum atomic E-state index is -0.308. The molecule has 1 heterocycles. The Morgan fingerprint density at radius 2 is 1.88 bits per heavy atom. The molecule has 0 aromatic heterocycles. The second kappa shape index (κ2) is 7.15. The van der Waals surface area contributed by atoms with Gasteiger partial charge in [0.2, 0.25) is 0 Å². The number of carbonyl (C=O) groups excluding carboxylic acids is 1. The van der Waals surface area contributed by atoms with E-state index in [0.717, 1.165) is 15.5 Å². The molecule has 2 aliphatic rings. The molecule has 3 rings (SSSR count). The molecule has 0 unspecified atom stereocenters. The van der Waals surface area contributed by atoms with Crippen LogP contribution in [0.4, 0.5) is 0 Å². The van der Waals surface area contributed by atoms with Gasteiger partial charge in [-0.3, -0.25) is 10.0 Å². The molecule has 0 saturated carbocycles. The van der Waals surface area contributed by atoms with E-state index in [1.165, 1.54) is 17.2 Å². The molecule has 1 fully saturated rings. The summed E-state index contributed by atoms with van der Waals surface area (Å²) in [6.07, 6.45) is 7.69. The van der Waals surface area contributed by atoms with Crippen LogP contribution >= 0.6 is 24.0 Å². The molecular formula is C19H20N2O2S2. The van der Waals surface area contributed by atoms with Crippen LogP contribution in [-0.4, -0.2) is 36.2 Å². The lowest BCUT2D eigenvalue weighted by atomic mass is 10.1. The summed E-state index contributed by atoms with van der Waals surface area (Å²) in [4.78, 5) is 13.3. The van der Waals surface area contributed by atoms with Crippen molar-refractivity contribution in [3.63, 3.8) is 0 Å². The number of hydrogen-bond donors (Lipinski definition) is 1. The minimum absolute atomic E-state index is 0.0507. The summed E-state index contributed by atoms with van der Waals surface area (Å²) in [6, 6.07) is 10.1. The quantitative estimate of drug-likeness (QED) is 0.639. The molecule has 4 nitrogen and oxygen atoms in total. The standard InChI is InChI=1S/C19H20N2O2S2/c1-19(2)17(21(23)13-15-8-10-16(22)11-9-15)20(18(24)25-19)12-14-6-4-3-5-7-14/h3-11,13,17,23H,12H2,1-2H3/t17-/m0/s1. The molecule has 1 saturated heterocycles. The van der Waals surface area contributed by atoms with Crippen molar-refractivity contribution >= 4 is 34.1 Å². The fraction of sp³-hybridized carbons (Fsp3) is 0.263. The van der Waals surface area contributed by atoms with Gasteiger partial charge < -0.3 is 4.90 Å². The fourth-order valence-electron chi connectivity index (χ4n) is 2.98. The summed E-state index contributed by atoms with van der Waals surface area (Å²) < 4.78 is 0.483. The molecule has 1 aromatic rings. The number of hydrogen-bond acceptors (Lipinski definition) is 5. The van der Waals surface area contributed by atoms with E-state index in [1.54, 1.807) is 30.1 Å². The highest BCUT2D eigenvalue weighted by molar-refractivity contribution is 8.24. The van der Waals surface area contributed by atoms with Crippen molar-refractivity contribution in [1.82, 2.24) is 9.96 Å². The molecule has 25 heavy (non-hydrogen) atoms. The minimum Gasteiger partial charge on any atom is -0.329 e. The maximum Gasteiger partial charge on any atom is 0.178 e. The number of carbonyl (C=O) groups is 1. The van der Waals surface area contributed by atoms with Crippen molar-refractivity contribution in [1.29, 1.82) is 0 Å². The maximum absolute atomic E-state index is 11.2. The van der Waals surface area contributed by atoms with E-state index in [-0.39, 0.29) is 16.7 Å². The Morgan fingerprint density at radius 3 is 2.52 bits per heavy atom. The summed E-state index contributed by atoms with van der Waals surface area (Å²) in [6.45, 7) is 4.76. The molecule has 1 aliphatic carbocycles. The molecule has 0 bridgehead atoms. The van der Waals surface area contributed by atoms with Crippen molar-refractivity contribution in [3.8, 4) is 0 Å². The number of rotatable bonds is 4. The Morgan fingerprint density at radius 1 is 1.24 bits per heavy atom. The molecule has 0 radical (unpaired) electrons. The number of benzene rings is 1. The highest BCUT2D eigenvalue weighted by Crippen LogP contribution is 2.43. The zero-order chi connectivity index (χ0) is 18.0. The van der Waals surface area contributed by atoms with Crippen molar-refractivity contribution in [2.24, 2.45) is 0 Å². The van der Waals surface area contributed by atoms with Crippen molar-refractivity contribution in [2.75, 3.05) is 0 Å². The number of nitrogens with zero attached hydrogens (tertiary/aromatic N) is 2. The van der Waals surface area contributed by atoms with Crippen LogP contribution in [0.25, 0.3) is 0 Å². The van der Waals surface area contributed by atoms with Crippen LogP contribution < -0.4 is 0 Å². The topological polar surface area (TPSA) is 43.8 Å². The summed E-state index contributed by atoms with van der Waals surface area (Å²) in [5.74, 6) is -0.0507. The molecule has 0 spiro atoms. The Balaban J connectivity index is 1.86. The third kappa shape index (κ3) is 4.03. The lowest BCUT2D eigenvalue weighted by Gasteiger charge is -2.37. The van der Waals surface area contributed by atoms with E-state index in [4.69, 9.17) is 12.2 Å². The SMILES string of the molecule is CC1(C)SC(=S)N(Cc2ccccc2)[C@H]1N(O)C=C1C=CC(=O)C=C1. The van der Waals surface area contributed by atoms with Gasteiger partial charge in [0.05, 0.1) is 4.75 Å². The summed E-state index contributed by atoms with van der Waals surface area (Å²) in [5.41, 5.74) is 1.90. The smallest absolute Gasteiger partial charge is 0.178 e. The van der Waals surface area contributed by atoms with Crippen molar-refractivity contribution < 1.29 is 10.0 Å². The first-order chi connectivity index (χ1) is 11.9. The predicted octanol–water partition coefficient (Wildman–Crippen LogP) is 3.90. The zero-order valence-corrected chi connectivity index (χ0v) is 15.8. The van der Waals surface area contributed by atoms with Gasteiger partial charge in [0.25, 0.3) is 0 Å². The van der Waals surface area contributed by atoms with Gasteiger partial charge in [0.1, 0.15) is 10.5 Å². The van der Waals surface area contributed by atoms with E-state index in [0.29, 0.717) is 6.54 Å². The average Bonchev–Trinajstić information content (AvgIpc) is 2.79. The highest BCUT2D eigenvalue weighted by atomic mass is 32.2. The lowest BCUT2D eigenvalue weighted by molar-refractivity contribution is -0.123. The lowest BCUT2D eigenvalue weighted by Crippen LogP contribution is -2.50. The number of thiocarbonyl (C=S) groups is 1. The van der Waals surface area contributed by atoms with Crippen molar-refractivity contribution in [3.05, 3.63) is 72.0 Å². The third-order valence-electron chi connectivity index (χ3n) is 4.11. The van der Waals surface area contributed by atoms with Gasteiger partial charge in [-0.25, -0.2) is 5.06 Å². The van der Waals surface area contributed by atoms with Gasteiger partial charge in [-0.2, -0.15) is 0 Å². The molecule has 0 amide bonds.